The van der Waals surface area contributed by atoms with Crippen LogP contribution in [0, 0.1) is 0 Å². The summed E-state index contributed by atoms with van der Waals surface area (Å²) in [4.78, 5) is 18.6. The van der Waals surface area contributed by atoms with Crippen molar-refractivity contribution in [3.63, 3.8) is 0 Å². The smallest absolute Gasteiger partial charge is 0.361 e. The lowest BCUT2D eigenvalue weighted by atomic mass is 10.1. The average molecular weight is 325 g/mol. The van der Waals surface area contributed by atoms with Crippen molar-refractivity contribution in [2.45, 2.75) is 19.1 Å². The summed E-state index contributed by atoms with van der Waals surface area (Å²) >= 11 is 0. The number of carbonyl (C=O) groups excluding carboxylic acids is 1. The molecule has 1 amide bonds. The standard InChI is InChI=1S/C16H18F3N3O/c1-11(16(17,18)19)21-6-8-22(9-7-21)15(23)13-2-3-14-12(10-13)4-5-20-14/h2-5,10-11,20H,6-9H2,1H3/t11-/m1/s1. The molecule has 0 spiro atoms. The predicted molar refractivity (Wildman–Crippen MR) is 81.3 cm³/mol. The number of H-pyrrole nitrogens is 1. The normalized spacial score (nSPS) is 18.3. The number of halogens is 3. The molecule has 1 aliphatic rings. The van der Waals surface area contributed by atoms with E-state index in [1.54, 1.807) is 23.2 Å². The number of fused-ring (bicyclic) bond motifs is 1. The molecule has 1 aromatic carbocycles. The van der Waals surface area contributed by atoms with E-state index in [2.05, 4.69) is 4.98 Å². The molecule has 1 saturated heterocycles. The van der Waals surface area contributed by atoms with Gasteiger partial charge >= 0.3 is 6.18 Å². The molecule has 0 radical (unpaired) electrons. The van der Waals surface area contributed by atoms with Crippen LogP contribution in [0.1, 0.15) is 17.3 Å². The van der Waals surface area contributed by atoms with Gasteiger partial charge in [-0.25, -0.2) is 0 Å². The molecule has 2 heterocycles. The fourth-order valence-corrected chi connectivity index (χ4v) is 2.89. The van der Waals surface area contributed by atoms with Gasteiger partial charge in [0, 0.05) is 48.8 Å². The Hall–Kier alpha value is -2.02. The number of nitrogens with zero attached hydrogens (tertiary/aromatic N) is 2. The van der Waals surface area contributed by atoms with E-state index in [9.17, 15) is 18.0 Å². The first-order valence-electron chi connectivity index (χ1n) is 7.53. The number of benzene rings is 1. The zero-order chi connectivity index (χ0) is 16.6. The van der Waals surface area contributed by atoms with Crippen molar-refractivity contribution in [3.8, 4) is 0 Å². The number of amides is 1. The van der Waals surface area contributed by atoms with Crippen LogP contribution in [0.4, 0.5) is 13.2 Å². The van der Waals surface area contributed by atoms with Crippen molar-refractivity contribution in [2.24, 2.45) is 0 Å². The molecule has 1 aliphatic heterocycles. The second-order valence-corrected chi connectivity index (χ2v) is 5.83. The Morgan fingerprint density at radius 3 is 2.52 bits per heavy atom. The molecule has 3 rings (SSSR count). The molecular formula is C16H18F3N3O. The summed E-state index contributed by atoms with van der Waals surface area (Å²) in [5, 5.41) is 0.945. The molecule has 0 aliphatic carbocycles. The second kappa shape index (κ2) is 5.88. The number of hydrogen-bond acceptors (Lipinski definition) is 2. The maximum Gasteiger partial charge on any atom is 0.403 e. The molecule has 1 N–H and O–H groups in total. The molecule has 0 unspecified atom stereocenters. The van der Waals surface area contributed by atoms with Crippen LogP contribution in [0.15, 0.2) is 30.5 Å². The van der Waals surface area contributed by atoms with Crippen LogP contribution < -0.4 is 0 Å². The number of piperazine rings is 1. The highest BCUT2D eigenvalue weighted by atomic mass is 19.4. The van der Waals surface area contributed by atoms with Crippen LogP contribution in [-0.2, 0) is 0 Å². The number of aromatic nitrogens is 1. The van der Waals surface area contributed by atoms with E-state index < -0.39 is 12.2 Å². The van der Waals surface area contributed by atoms with Gasteiger partial charge in [-0.15, -0.1) is 0 Å². The Bertz CT molecular complexity index is 702. The third-order valence-corrected chi connectivity index (χ3v) is 4.42. The first kappa shape index (κ1) is 15.9. The Labute approximate surface area is 131 Å². The highest BCUT2D eigenvalue weighted by Crippen LogP contribution is 2.25. The summed E-state index contributed by atoms with van der Waals surface area (Å²) in [6.07, 6.45) is -2.43. The van der Waals surface area contributed by atoms with Gasteiger partial charge in [-0.1, -0.05) is 0 Å². The number of nitrogens with one attached hydrogen (secondary N) is 1. The van der Waals surface area contributed by atoms with Crippen LogP contribution >= 0.6 is 0 Å². The predicted octanol–water partition coefficient (Wildman–Crippen LogP) is 2.88. The Morgan fingerprint density at radius 2 is 1.87 bits per heavy atom. The lowest BCUT2D eigenvalue weighted by Crippen LogP contribution is -2.54. The third-order valence-electron chi connectivity index (χ3n) is 4.42. The number of carbonyl (C=O) groups is 1. The van der Waals surface area contributed by atoms with Crippen molar-refractivity contribution in [1.29, 1.82) is 0 Å². The van der Waals surface area contributed by atoms with Crippen molar-refractivity contribution < 1.29 is 18.0 Å². The molecule has 4 nitrogen and oxygen atoms in total. The van der Waals surface area contributed by atoms with Crippen molar-refractivity contribution in [1.82, 2.24) is 14.8 Å². The fourth-order valence-electron chi connectivity index (χ4n) is 2.89. The number of aromatic amines is 1. The van der Waals surface area contributed by atoms with Gasteiger partial charge < -0.3 is 9.88 Å². The topological polar surface area (TPSA) is 39.3 Å². The van der Waals surface area contributed by atoms with Crippen LogP contribution in [0.2, 0.25) is 0 Å². The zero-order valence-corrected chi connectivity index (χ0v) is 12.7. The summed E-state index contributed by atoms with van der Waals surface area (Å²) in [5.74, 6) is -0.132. The van der Waals surface area contributed by atoms with E-state index >= 15 is 0 Å². The molecule has 124 valence electrons. The summed E-state index contributed by atoms with van der Waals surface area (Å²) < 4.78 is 38.2. The summed E-state index contributed by atoms with van der Waals surface area (Å²) in [5.41, 5.74) is 1.51. The van der Waals surface area contributed by atoms with Crippen molar-refractivity contribution in [2.75, 3.05) is 26.2 Å². The largest absolute Gasteiger partial charge is 0.403 e. The number of hydrogen-bond donors (Lipinski definition) is 1. The van der Waals surface area contributed by atoms with Gasteiger partial charge in [0.1, 0.15) is 6.04 Å². The highest BCUT2D eigenvalue weighted by molar-refractivity contribution is 5.98. The molecular weight excluding hydrogens is 307 g/mol. The van der Waals surface area contributed by atoms with E-state index in [0.717, 1.165) is 17.8 Å². The SMILES string of the molecule is C[C@@H](N1CCN(C(=O)c2ccc3[nH]ccc3c2)CC1)C(F)(F)F. The second-order valence-electron chi connectivity index (χ2n) is 5.83. The molecule has 2 aromatic rings. The van der Waals surface area contributed by atoms with E-state index in [1.807, 2.05) is 12.1 Å². The van der Waals surface area contributed by atoms with Crippen LogP contribution in [0.5, 0.6) is 0 Å². The fraction of sp³-hybridized carbons (Fsp3) is 0.438. The monoisotopic (exact) mass is 325 g/mol. The first-order chi connectivity index (χ1) is 10.9. The minimum atomic E-state index is -4.23. The van der Waals surface area contributed by atoms with Crippen molar-refractivity contribution in [3.05, 3.63) is 36.0 Å². The Morgan fingerprint density at radius 1 is 1.17 bits per heavy atom. The number of alkyl halides is 3. The van der Waals surface area contributed by atoms with Gasteiger partial charge in [0.15, 0.2) is 0 Å². The van der Waals surface area contributed by atoms with Gasteiger partial charge in [-0.05, 0) is 31.2 Å². The first-order valence-corrected chi connectivity index (χ1v) is 7.53. The van der Waals surface area contributed by atoms with Crippen LogP contribution in [-0.4, -0.2) is 59.1 Å². The van der Waals surface area contributed by atoms with Crippen LogP contribution in [0.3, 0.4) is 0 Å². The van der Waals surface area contributed by atoms with Gasteiger partial charge in [0.05, 0.1) is 0 Å². The molecule has 1 fully saturated rings. The lowest BCUT2D eigenvalue weighted by molar-refractivity contribution is -0.181. The Kier molecular flexibility index (Phi) is 4.06. The summed E-state index contributed by atoms with van der Waals surface area (Å²) in [6, 6.07) is 5.79. The van der Waals surface area contributed by atoms with Crippen LogP contribution in [0.25, 0.3) is 10.9 Å². The van der Waals surface area contributed by atoms with Gasteiger partial charge in [-0.3, -0.25) is 9.69 Å². The van der Waals surface area contributed by atoms with Gasteiger partial charge in [0.2, 0.25) is 0 Å². The minimum Gasteiger partial charge on any atom is -0.361 e. The lowest BCUT2D eigenvalue weighted by Gasteiger charge is -2.38. The van der Waals surface area contributed by atoms with E-state index in [-0.39, 0.29) is 19.0 Å². The Balaban J connectivity index is 1.66. The third kappa shape index (κ3) is 3.19. The van der Waals surface area contributed by atoms with E-state index in [0.29, 0.717) is 18.7 Å². The quantitative estimate of drug-likeness (QED) is 0.922. The molecule has 23 heavy (non-hydrogen) atoms. The average Bonchev–Trinajstić information content (AvgIpc) is 3.00. The zero-order valence-electron chi connectivity index (χ0n) is 12.7. The van der Waals surface area contributed by atoms with Gasteiger partial charge in [0.25, 0.3) is 5.91 Å². The maximum atomic E-state index is 12.7. The minimum absolute atomic E-state index is 0.132. The van der Waals surface area contributed by atoms with Gasteiger partial charge in [-0.2, -0.15) is 13.2 Å². The van der Waals surface area contributed by atoms with E-state index in [1.165, 1.54) is 4.90 Å². The molecule has 1 atom stereocenters. The summed E-state index contributed by atoms with van der Waals surface area (Å²) in [7, 11) is 0. The van der Waals surface area contributed by atoms with Crippen molar-refractivity contribution >= 4 is 16.8 Å². The van der Waals surface area contributed by atoms with E-state index in [4.69, 9.17) is 0 Å². The maximum absolute atomic E-state index is 12.7. The molecule has 1 aromatic heterocycles. The molecule has 0 bridgehead atoms. The molecule has 0 saturated carbocycles. The molecule has 7 heteroatoms. The summed E-state index contributed by atoms with van der Waals surface area (Å²) in [6.45, 7) is 2.25. The highest BCUT2D eigenvalue weighted by Gasteiger charge is 2.41. The number of rotatable bonds is 2.